The number of hydrogen-bond donors (Lipinski definition) is 1. The molecule has 3 nitrogen and oxygen atoms in total. The van der Waals surface area contributed by atoms with Crippen LogP contribution in [0.1, 0.15) is 18.4 Å². The van der Waals surface area contributed by atoms with Crippen molar-refractivity contribution in [2.24, 2.45) is 5.73 Å². The zero-order valence-corrected chi connectivity index (χ0v) is 8.03. The molecule has 1 aromatic heterocycles. The summed E-state index contributed by atoms with van der Waals surface area (Å²) < 4.78 is 19.2. The number of hydrogen-bond acceptors (Lipinski definition) is 3. The van der Waals surface area contributed by atoms with Crippen molar-refractivity contribution >= 4 is 0 Å². The van der Waals surface area contributed by atoms with Gasteiger partial charge in [-0.05, 0) is 6.07 Å². The number of halogens is 1. The molecule has 0 aromatic carbocycles. The Labute approximate surface area is 82.1 Å². The lowest BCUT2D eigenvalue weighted by molar-refractivity contribution is 0.0377. The molecule has 0 spiro atoms. The molecular weight excluding hydrogens is 183 g/mol. The molecule has 1 aliphatic rings. The van der Waals surface area contributed by atoms with Gasteiger partial charge >= 0.3 is 0 Å². The summed E-state index contributed by atoms with van der Waals surface area (Å²) in [7, 11) is 1.53. The van der Waals surface area contributed by atoms with Gasteiger partial charge < -0.3 is 10.5 Å². The average Bonchev–Trinajstić information content (AvgIpc) is 2.15. The fraction of sp³-hybridized carbons (Fsp3) is 0.500. The molecule has 2 N–H and O–H groups in total. The number of rotatable bonds is 2. The SMILES string of the molecule is COc1ccncc1C1(F)CC(N)C1. The molecule has 1 fully saturated rings. The predicted octanol–water partition coefficient (Wildman–Crippen LogP) is 1.38. The second kappa shape index (κ2) is 3.20. The highest BCUT2D eigenvalue weighted by Crippen LogP contribution is 2.47. The Bertz CT molecular complexity index is 337. The van der Waals surface area contributed by atoms with Crippen molar-refractivity contribution in [3.05, 3.63) is 24.0 Å². The normalized spacial score (nSPS) is 30.9. The maximum absolute atomic E-state index is 14.1. The second-order valence-corrected chi connectivity index (χ2v) is 3.71. The maximum Gasteiger partial charge on any atom is 0.144 e. The van der Waals surface area contributed by atoms with Crippen molar-refractivity contribution < 1.29 is 9.13 Å². The first kappa shape index (κ1) is 9.40. The second-order valence-electron chi connectivity index (χ2n) is 3.71. The monoisotopic (exact) mass is 196 g/mol. The standard InChI is InChI=1S/C10H13FN2O/c1-14-9-2-3-13-6-8(9)10(11)4-7(12)5-10/h2-3,6-7H,4-5,12H2,1H3. The lowest BCUT2D eigenvalue weighted by Crippen LogP contribution is -2.46. The van der Waals surface area contributed by atoms with Crippen molar-refractivity contribution in [1.82, 2.24) is 4.98 Å². The molecule has 0 amide bonds. The van der Waals surface area contributed by atoms with Crippen molar-refractivity contribution in [2.75, 3.05) is 7.11 Å². The van der Waals surface area contributed by atoms with Crippen molar-refractivity contribution in [3.8, 4) is 5.75 Å². The van der Waals surface area contributed by atoms with Gasteiger partial charge in [0.15, 0.2) is 0 Å². The van der Waals surface area contributed by atoms with Crippen LogP contribution in [-0.4, -0.2) is 18.1 Å². The van der Waals surface area contributed by atoms with E-state index in [2.05, 4.69) is 4.98 Å². The first-order chi connectivity index (χ1) is 6.65. The van der Waals surface area contributed by atoms with Crippen molar-refractivity contribution in [1.29, 1.82) is 0 Å². The minimum absolute atomic E-state index is 0.0371. The topological polar surface area (TPSA) is 48.1 Å². The Balaban J connectivity index is 2.32. The van der Waals surface area contributed by atoms with E-state index < -0.39 is 5.67 Å². The molecule has 4 heteroatoms. The first-order valence-corrected chi connectivity index (χ1v) is 4.59. The van der Waals surface area contributed by atoms with Gasteiger partial charge in [0.2, 0.25) is 0 Å². The number of aromatic nitrogens is 1. The van der Waals surface area contributed by atoms with Gasteiger partial charge in [-0.25, -0.2) is 4.39 Å². The average molecular weight is 196 g/mol. The Kier molecular flexibility index (Phi) is 2.15. The molecule has 1 aromatic rings. The highest BCUT2D eigenvalue weighted by molar-refractivity contribution is 5.37. The van der Waals surface area contributed by atoms with Crippen LogP contribution in [0.4, 0.5) is 4.39 Å². The number of nitrogens with zero attached hydrogens (tertiary/aromatic N) is 1. The molecule has 0 atom stereocenters. The maximum atomic E-state index is 14.1. The minimum atomic E-state index is -1.33. The van der Waals surface area contributed by atoms with Crippen molar-refractivity contribution in [2.45, 2.75) is 24.6 Å². The van der Waals surface area contributed by atoms with E-state index in [-0.39, 0.29) is 6.04 Å². The van der Waals surface area contributed by atoms with Gasteiger partial charge in [-0.15, -0.1) is 0 Å². The van der Waals surface area contributed by atoms with Crippen LogP contribution in [0.25, 0.3) is 0 Å². The van der Waals surface area contributed by atoms with E-state index in [1.54, 1.807) is 12.3 Å². The smallest absolute Gasteiger partial charge is 0.144 e. The molecule has 1 saturated carbocycles. The van der Waals surface area contributed by atoms with Gasteiger partial charge in [0.25, 0.3) is 0 Å². The predicted molar refractivity (Wildman–Crippen MR) is 50.8 cm³/mol. The van der Waals surface area contributed by atoms with E-state index in [1.165, 1.54) is 13.3 Å². The van der Waals surface area contributed by atoms with E-state index in [1.807, 2.05) is 0 Å². The van der Waals surface area contributed by atoms with Gasteiger partial charge in [0.1, 0.15) is 11.4 Å². The summed E-state index contributed by atoms with van der Waals surface area (Å²) >= 11 is 0. The lowest BCUT2D eigenvalue weighted by Gasteiger charge is -2.39. The third-order valence-corrected chi connectivity index (χ3v) is 2.66. The number of pyridine rings is 1. The molecule has 0 bridgehead atoms. The summed E-state index contributed by atoms with van der Waals surface area (Å²) in [6.45, 7) is 0. The molecule has 1 aliphatic carbocycles. The zero-order valence-electron chi connectivity index (χ0n) is 8.03. The first-order valence-electron chi connectivity index (χ1n) is 4.59. The highest BCUT2D eigenvalue weighted by atomic mass is 19.1. The van der Waals surface area contributed by atoms with Crippen LogP contribution < -0.4 is 10.5 Å². The van der Waals surface area contributed by atoms with Gasteiger partial charge in [-0.3, -0.25) is 4.98 Å². The summed E-state index contributed by atoms with van der Waals surface area (Å²) in [5, 5.41) is 0. The van der Waals surface area contributed by atoms with E-state index in [4.69, 9.17) is 10.5 Å². The van der Waals surface area contributed by atoms with Crippen LogP contribution in [0.2, 0.25) is 0 Å². The Morgan fingerprint density at radius 2 is 2.36 bits per heavy atom. The molecular formula is C10H13FN2O. The van der Waals surface area contributed by atoms with Gasteiger partial charge in [-0.1, -0.05) is 0 Å². The third kappa shape index (κ3) is 1.35. The zero-order chi connectivity index (χ0) is 10.2. The molecule has 1 heterocycles. The Morgan fingerprint density at radius 3 is 2.93 bits per heavy atom. The van der Waals surface area contributed by atoms with Crippen LogP contribution in [0.3, 0.4) is 0 Å². The summed E-state index contributed by atoms with van der Waals surface area (Å²) in [5.41, 5.74) is 4.77. The minimum Gasteiger partial charge on any atom is -0.496 e. The molecule has 76 valence electrons. The molecule has 0 radical (unpaired) electrons. The lowest BCUT2D eigenvalue weighted by atomic mass is 9.73. The van der Waals surface area contributed by atoms with E-state index in [0.29, 0.717) is 24.2 Å². The number of ether oxygens (including phenoxy) is 1. The van der Waals surface area contributed by atoms with Crippen LogP contribution in [0.5, 0.6) is 5.75 Å². The van der Waals surface area contributed by atoms with E-state index >= 15 is 0 Å². The summed E-state index contributed by atoms with van der Waals surface area (Å²) in [6.07, 6.45) is 3.82. The largest absolute Gasteiger partial charge is 0.496 e. The summed E-state index contributed by atoms with van der Waals surface area (Å²) in [4.78, 5) is 3.91. The summed E-state index contributed by atoms with van der Waals surface area (Å²) in [5.74, 6) is 0.550. The number of nitrogens with two attached hydrogens (primary N) is 1. The quantitative estimate of drug-likeness (QED) is 0.777. The van der Waals surface area contributed by atoms with Gasteiger partial charge in [0, 0.05) is 36.8 Å². The molecule has 14 heavy (non-hydrogen) atoms. The van der Waals surface area contributed by atoms with Crippen LogP contribution >= 0.6 is 0 Å². The number of methoxy groups -OCH3 is 1. The van der Waals surface area contributed by atoms with Crippen LogP contribution in [0.15, 0.2) is 18.5 Å². The Hall–Kier alpha value is -1.16. The van der Waals surface area contributed by atoms with E-state index in [0.717, 1.165) is 0 Å². The number of alkyl halides is 1. The summed E-state index contributed by atoms with van der Waals surface area (Å²) in [6, 6.07) is 1.63. The molecule has 0 aliphatic heterocycles. The Morgan fingerprint density at radius 1 is 1.64 bits per heavy atom. The van der Waals surface area contributed by atoms with Crippen LogP contribution in [0, 0.1) is 0 Å². The fourth-order valence-corrected chi connectivity index (χ4v) is 1.89. The van der Waals surface area contributed by atoms with Crippen LogP contribution in [-0.2, 0) is 5.67 Å². The molecule has 0 unspecified atom stereocenters. The molecule has 0 saturated heterocycles. The van der Waals surface area contributed by atoms with Crippen molar-refractivity contribution in [3.63, 3.8) is 0 Å². The van der Waals surface area contributed by atoms with Gasteiger partial charge in [0.05, 0.1) is 7.11 Å². The van der Waals surface area contributed by atoms with E-state index in [9.17, 15) is 4.39 Å². The third-order valence-electron chi connectivity index (χ3n) is 2.66. The fourth-order valence-electron chi connectivity index (χ4n) is 1.89. The molecule has 2 rings (SSSR count). The highest BCUT2D eigenvalue weighted by Gasteiger charge is 2.46. The van der Waals surface area contributed by atoms with Gasteiger partial charge in [-0.2, -0.15) is 0 Å².